The van der Waals surface area contributed by atoms with Crippen LogP contribution in [0.2, 0.25) is 0 Å². The van der Waals surface area contributed by atoms with Crippen molar-refractivity contribution in [3.63, 3.8) is 0 Å². The first kappa shape index (κ1) is 16.6. The smallest absolute Gasteiger partial charge is 0.258 e. The molecule has 0 spiro atoms. The fourth-order valence-electron chi connectivity index (χ4n) is 3.09. The minimum atomic E-state index is -0.176. The summed E-state index contributed by atoms with van der Waals surface area (Å²) in [5.41, 5.74) is 1.87. The number of nitrogens with one attached hydrogen (secondary N) is 1. The van der Waals surface area contributed by atoms with Gasteiger partial charge in [0.1, 0.15) is 6.33 Å². The van der Waals surface area contributed by atoms with E-state index in [0.29, 0.717) is 17.6 Å². The number of aryl methyl sites for hydroxylation is 1. The second-order valence-corrected chi connectivity index (χ2v) is 6.44. The van der Waals surface area contributed by atoms with Crippen molar-refractivity contribution in [2.45, 2.75) is 52.2 Å². The molecule has 1 aromatic heterocycles. The van der Waals surface area contributed by atoms with E-state index in [1.54, 1.807) is 11.0 Å². The molecule has 1 N–H and O–H groups in total. The molecule has 1 aliphatic rings. The Balaban J connectivity index is 1.58. The molecule has 2 heterocycles. The Morgan fingerprint density at radius 2 is 2.12 bits per heavy atom. The highest BCUT2D eigenvalue weighted by molar-refractivity contribution is 6.03. The maximum absolute atomic E-state index is 12.3. The van der Waals surface area contributed by atoms with E-state index in [-0.39, 0.29) is 5.91 Å². The zero-order valence-electron chi connectivity index (χ0n) is 14.4. The molecule has 1 amide bonds. The van der Waals surface area contributed by atoms with E-state index < -0.39 is 0 Å². The Labute approximate surface area is 142 Å². The van der Waals surface area contributed by atoms with Crippen LogP contribution in [0, 0.1) is 0 Å². The molecule has 2 aromatic rings. The molecule has 6 nitrogen and oxygen atoms in total. The number of carbonyl (C=O) groups is 1. The molecule has 1 atom stereocenters. The topological polar surface area (TPSA) is 63.1 Å². The first-order valence-corrected chi connectivity index (χ1v) is 8.69. The van der Waals surface area contributed by atoms with Gasteiger partial charge in [0.15, 0.2) is 0 Å². The lowest BCUT2D eigenvalue weighted by Gasteiger charge is -2.20. The molecule has 0 unspecified atom stereocenters. The zero-order chi connectivity index (χ0) is 16.9. The second-order valence-electron chi connectivity index (χ2n) is 6.44. The number of hydrogen-bond donors (Lipinski definition) is 1. The predicted molar refractivity (Wildman–Crippen MR) is 93.8 cm³/mol. The van der Waals surface area contributed by atoms with Crippen molar-refractivity contribution in [2.75, 3.05) is 11.9 Å². The van der Waals surface area contributed by atoms with Crippen molar-refractivity contribution in [3.8, 4) is 0 Å². The molecular weight excluding hydrogens is 302 g/mol. The van der Waals surface area contributed by atoms with Crippen molar-refractivity contribution >= 4 is 11.9 Å². The van der Waals surface area contributed by atoms with Crippen LogP contribution in [0.5, 0.6) is 0 Å². The lowest BCUT2D eigenvalue weighted by molar-refractivity contribution is 0.102. The fraction of sp³-hybridized carbons (Fsp3) is 0.500. The van der Waals surface area contributed by atoms with Crippen LogP contribution in [-0.4, -0.2) is 38.2 Å². The summed E-state index contributed by atoms with van der Waals surface area (Å²) < 4.78 is 1.73. The molecule has 0 aliphatic carbocycles. The van der Waals surface area contributed by atoms with Gasteiger partial charge in [0.25, 0.3) is 5.91 Å². The van der Waals surface area contributed by atoms with E-state index in [1.165, 1.54) is 18.4 Å². The highest BCUT2D eigenvalue weighted by atomic mass is 16.1. The van der Waals surface area contributed by atoms with E-state index in [0.717, 1.165) is 26.1 Å². The molecule has 1 aromatic carbocycles. The Morgan fingerprint density at radius 3 is 2.79 bits per heavy atom. The summed E-state index contributed by atoms with van der Waals surface area (Å²) >= 11 is 0. The summed E-state index contributed by atoms with van der Waals surface area (Å²) in [6, 6.07) is 8.45. The van der Waals surface area contributed by atoms with Crippen LogP contribution in [0.3, 0.4) is 0 Å². The molecule has 1 fully saturated rings. The van der Waals surface area contributed by atoms with Crippen molar-refractivity contribution < 1.29 is 4.79 Å². The Bertz CT molecular complexity index is 679. The summed E-state index contributed by atoms with van der Waals surface area (Å²) in [4.78, 5) is 18.9. The van der Waals surface area contributed by atoms with Gasteiger partial charge in [-0.15, -0.1) is 5.10 Å². The normalized spacial score (nSPS) is 18.0. The zero-order valence-corrected chi connectivity index (χ0v) is 14.4. The van der Waals surface area contributed by atoms with E-state index in [4.69, 9.17) is 0 Å². The van der Waals surface area contributed by atoms with Gasteiger partial charge in [-0.05, 0) is 50.4 Å². The highest BCUT2D eigenvalue weighted by Gasteiger charge is 2.20. The van der Waals surface area contributed by atoms with Crippen LogP contribution >= 0.6 is 0 Å². The third kappa shape index (κ3) is 4.00. The number of anilines is 1. The summed E-state index contributed by atoms with van der Waals surface area (Å²) in [5, 5.41) is 6.97. The molecule has 24 heavy (non-hydrogen) atoms. The number of nitrogens with zero attached hydrogens (tertiary/aromatic N) is 4. The first-order chi connectivity index (χ1) is 11.7. The average molecular weight is 327 g/mol. The minimum absolute atomic E-state index is 0.176. The lowest BCUT2D eigenvalue weighted by Crippen LogP contribution is -2.26. The van der Waals surface area contributed by atoms with Crippen molar-refractivity contribution in [1.82, 2.24) is 19.7 Å². The molecule has 1 aliphatic heterocycles. The van der Waals surface area contributed by atoms with E-state index in [9.17, 15) is 4.79 Å². The first-order valence-electron chi connectivity index (χ1n) is 8.69. The fourth-order valence-corrected chi connectivity index (χ4v) is 3.09. The Kier molecular flexibility index (Phi) is 5.25. The van der Waals surface area contributed by atoms with Gasteiger partial charge >= 0.3 is 0 Å². The quantitative estimate of drug-likeness (QED) is 0.886. The summed E-state index contributed by atoms with van der Waals surface area (Å²) in [5.74, 6) is 0.175. The van der Waals surface area contributed by atoms with E-state index in [1.807, 2.05) is 24.3 Å². The number of rotatable bonds is 6. The van der Waals surface area contributed by atoms with Gasteiger partial charge in [0, 0.05) is 24.7 Å². The summed E-state index contributed by atoms with van der Waals surface area (Å²) in [6.07, 6.45) is 5.17. The van der Waals surface area contributed by atoms with Crippen LogP contribution < -0.4 is 5.32 Å². The SMILES string of the molecule is CCCn1cnc(NC(=O)c2ccc(CN3CCC[C@H]3C)cc2)n1. The second kappa shape index (κ2) is 7.57. The van der Waals surface area contributed by atoms with Crippen molar-refractivity contribution in [1.29, 1.82) is 0 Å². The van der Waals surface area contributed by atoms with E-state index >= 15 is 0 Å². The lowest BCUT2D eigenvalue weighted by atomic mass is 10.1. The number of amides is 1. The number of aromatic nitrogens is 3. The van der Waals surface area contributed by atoms with Gasteiger partial charge < -0.3 is 0 Å². The third-order valence-corrected chi connectivity index (χ3v) is 4.51. The molecule has 1 saturated heterocycles. The molecule has 128 valence electrons. The molecule has 6 heteroatoms. The maximum atomic E-state index is 12.3. The van der Waals surface area contributed by atoms with E-state index in [2.05, 4.69) is 34.1 Å². The van der Waals surface area contributed by atoms with Gasteiger partial charge in [0.2, 0.25) is 5.95 Å². The van der Waals surface area contributed by atoms with Crippen LogP contribution in [0.25, 0.3) is 0 Å². The minimum Gasteiger partial charge on any atom is -0.296 e. The van der Waals surface area contributed by atoms with Crippen LogP contribution in [0.1, 0.15) is 49.0 Å². The van der Waals surface area contributed by atoms with Crippen molar-refractivity contribution in [3.05, 3.63) is 41.7 Å². The van der Waals surface area contributed by atoms with Gasteiger partial charge in [-0.2, -0.15) is 0 Å². The molecule has 0 saturated carbocycles. The Hall–Kier alpha value is -2.21. The number of hydrogen-bond acceptors (Lipinski definition) is 4. The number of carbonyl (C=O) groups excluding carboxylic acids is 1. The predicted octanol–water partition coefficient (Wildman–Crippen LogP) is 2.92. The maximum Gasteiger partial charge on any atom is 0.258 e. The van der Waals surface area contributed by atoms with Crippen LogP contribution in [0.4, 0.5) is 5.95 Å². The summed E-state index contributed by atoms with van der Waals surface area (Å²) in [7, 11) is 0. The van der Waals surface area contributed by atoms with Gasteiger partial charge in [-0.25, -0.2) is 4.98 Å². The standard InChI is InChI=1S/C18H25N5O/c1-3-10-23-13-19-18(21-23)20-17(24)16-8-6-15(7-9-16)12-22-11-4-5-14(22)2/h6-9,13-14H,3-5,10-12H2,1-2H3,(H,20,21,24)/t14-/m1/s1. The summed E-state index contributed by atoms with van der Waals surface area (Å²) in [6.45, 7) is 7.26. The Morgan fingerprint density at radius 1 is 1.33 bits per heavy atom. The molecular formula is C18H25N5O. The average Bonchev–Trinajstić information content (AvgIpc) is 3.18. The largest absolute Gasteiger partial charge is 0.296 e. The third-order valence-electron chi connectivity index (χ3n) is 4.51. The van der Waals surface area contributed by atoms with Crippen molar-refractivity contribution in [2.24, 2.45) is 0 Å². The number of likely N-dealkylation sites (tertiary alicyclic amines) is 1. The highest BCUT2D eigenvalue weighted by Crippen LogP contribution is 2.19. The molecule has 0 bridgehead atoms. The molecule has 3 rings (SSSR count). The molecule has 0 radical (unpaired) electrons. The van der Waals surface area contributed by atoms with Gasteiger partial charge in [-0.1, -0.05) is 19.1 Å². The monoisotopic (exact) mass is 327 g/mol. The number of benzene rings is 1. The van der Waals surface area contributed by atoms with Gasteiger partial charge in [-0.3, -0.25) is 19.7 Å². The van der Waals surface area contributed by atoms with Crippen LogP contribution in [-0.2, 0) is 13.1 Å². The van der Waals surface area contributed by atoms with Gasteiger partial charge in [0.05, 0.1) is 0 Å². The van der Waals surface area contributed by atoms with Crippen LogP contribution in [0.15, 0.2) is 30.6 Å².